The molecule has 1 fully saturated rings. The van der Waals surface area contributed by atoms with Crippen LogP contribution < -0.4 is 15.0 Å². The number of rotatable bonds is 4. The van der Waals surface area contributed by atoms with Crippen molar-refractivity contribution < 1.29 is 9.53 Å². The van der Waals surface area contributed by atoms with Crippen molar-refractivity contribution in [2.24, 2.45) is 0 Å². The van der Waals surface area contributed by atoms with Crippen LogP contribution in [-0.4, -0.2) is 42.1 Å². The minimum Gasteiger partial charge on any atom is -0.495 e. The molecular weight excluding hydrogens is 304 g/mol. The second-order valence-electron chi connectivity index (χ2n) is 5.99. The summed E-state index contributed by atoms with van der Waals surface area (Å²) >= 11 is 0. The maximum atomic E-state index is 12.5. The van der Waals surface area contributed by atoms with Gasteiger partial charge < -0.3 is 15.0 Å². The third-order valence-electron chi connectivity index (χ3n) is 4.29. The molecule has 0 spiro atoms. The molecule has 6 nitrogen and oxygen atoms in total. The molecule has 3 rings (SSSR count). The molecule has 1 unspecified atom stereocenters. The van der Waals surface area contributed by atoms with Crippen LogP contribution in [0.5, 0.6) is 5.75 Å². The fourth-order valence-corrected chi connectivity index (χ4v) is 3.06. The third-order valence-corrected chi connectivity index (χ3v) is 4.29. The second-order valence-corrected chi connectivity index (χ2v) is 5.99. The molecule has 6 heteroatoms. The first kappa shape index (κ1) is 16.2. The fraction of sp³-hybridized carbons (Fsp3) is 0.389. The number of carbonyl (C=O) groups is 1. The fourth-order valence-electron chi connectivity index (χ4n) is 3.06. The van der Waals surface area contributed by atoms with Crippen LogP contribution in [0.1, 0.15) is 28.3 Å². The highest BCUT2D eigenvalue weighted by Gasteiger charge is 2.26. The Morgan fingerprint density at radius 2 is 2.12 bits per heavy atom. The average Bonchev–Trinajstić information content (AvgIpc) is 3.03. The van der Waals surface area contributed by atoms with E-state index in [1.165, 1.54) is 0 Å². The Kier molecular flexibility index (Phi) is 4.64. The molecule has 1 saturated heterocycles. The van der Waals surface area contributed by atoms with E-state index in [0.29, 0.717) is 17.1 Å². The summed E-state index contributed by atoms with van der Waals surface area (Å²) in [6.45, 7) is 5.29. The van der Waals surface area contributed by atoms with Crippen LogP contribution in [0.2, 0.25) is 0 Å². The van der Waals surface area contributed by atoms with Crippen molar-refractivity contribution >= 4 is 11.6 Å². The summed E-state index contributed by atoms with van der Waals surface area (Å²) in [6, 6.07) is 8.05. The van der Waals surface area contributed by atoms with Gasteiger partial charge in [0, 0.05) is 25.3 Å². The lowest BCUT2D eigenvalue weighted by Gasteiger charge is -2.21. The van der Waals surface area contributed by atoms with Gasteiger partial charge >= 0.3 is 0 Å². The topological polar surface area (TPSA) is 67.3 Å². The van der Waals surface area contributed by atoms with Crippen LogP contribution in [0, 0.1) is 13.8 Å². The molecule has 1 amide bonds. The van der Waals surface area contributed by atoms with Crippen molar-refractivity contribution in [2.75, 3.05) is 25.1 Å². The van der Waals surface area contributed by atoms with Crippen LogP contribution in [0.3, 0.4) is 0 Å². The lowest BCUT2D eigenvalue weighted by Crippen LogP contribution is -2.37. The summed E-state index contributed by atoms with van der Waals surface area (Å²) in [7, 11) is 1.67. The van der Waals surface area contributed by atoms with E-state index in [0.717, 1.165) is 30.9 Å². The van der Waals surface area contributed by atoms with E-state index in [-0.39, 0.29) is 11.9 Å². The first-order valence-electron chi connectivity index (χ1n) is 8.07. The number of methoxy groups -OCH3 is 1. The van der Waals surface area contributed by atoms with Crippen LogP contribution >= 0.6 is 0 Å². The van der Waals surface area contributed by atoms with Gasteiger partial charge in [-0.1, -0.05) is 12.1 Å². The number of amides is 1. The molecule has 0 radical (unpaired) electrons. The number of para-hydroxylation sites is 2. The quantitative estimate of drug-likeness (QED) is 0.932. The van der Waals surface area contributed by atoms with Crippen LogP contribution in [-0.2, 0) is 0 Å². The van der Waals surface area contributed by atoms with Crippen molar-refractivity contribution in [3.8, 4) is 5.75 Å². The van der Waals surface area contributed by atoms with Gasteiger partial charge in [0.2, 0.25) is 0 Å². The summed E-state index contributed by atoms with van der Waals surface area (Å²) in [5, 5.41) is 3.09. The molecule has 24 heavy (non-hydrogen) atoms. The van der Waals surface area contributed by atoms with Gasteiger partial charge in [-0.25, -0.2) is 9.97 Å². The Balaban J connectivity index is 1.67. The van der Waals surface area contributed by atoms with Crippen LogP contribution in [0.4, 0.5) is 5.69 Å². The minimum atomic E-state index is -0.112. The molecule has 0 aliphatic carbocycles. The molecule has 0 saturated carbocycles. The normalized spacial score (nSPS) is 17.0. The SMILES string of the molecule is COc1ccccc1N1CCC(NC(=O)c2cnc(C)nc2C)C1. The summed E-state index contributed by atoms with van der Waals surface area (Å²) < 4.78 is 5.42. The number of nitrogens with one attached hydrogen (secondary N) is 1. The van der Waals surface area contributed by atoms with E-state index in [1.54, 1.807) is 13.3 Å². The predicted molar refractivity (Wildman–Crippen MR) is 92.6 cm³/mol. The van der Waals surface area contributed by atoms with Crippen molar-refractivity contribution in [3.05, 3.63) is 47.5 Å². The number of hydrogen-bond donors (Lipinski definition) is 1. The smallest absolute Gasteiger partial charge is 0.254 e. The second kappa shape index (κ2) is 6.86. The first-order valence-corrected chi connectivity index (χ1v) is 8.07. The average molecular weight is 326 g/mol. The van der Waals surface area contributed by atoms with Crippen LogP contribution in [0.15, 0.2) is 30.5 Å². The molecule has 0 bridgehead atoms. The van der Waals surface area contributed by atoms with E-state index in [9.17, 15) is 4.79 Å². The number of aromatic nitrogens is 2. The molecule has 1 aliphatic heterocycles. The lowest BCUT2D eigenvalue weighted by molar-refractivity contribution is 0.0939. The molecule has 1 aromatic carbocycles. The van der Waals surface area contributed by atoms with E-state index < -0.39 is 0 Å². The zero-order chi connectivity index (χ0) is 17.1. The zero-order valence-corrected chi connectivity index (χ0v) is 14.2. The molecule has 1 aliphatic rings. The molecule has 2 heterocycles. The standard InChI is InChI=1S/C18H22N4O2/c1-12-15(10-19-13(2)20-12)18(23)21-14-8-9-22(11-14)16-6-4-5-7-17(16)24-3/h4-7,10,14H,8-9,11H2,1-3H3,(H,21,23). The number of nitrogens with zero attached hydrogens (tertiary/aromatic N) is 3. The van der Waals surface area contributed by atoms with Crippen molar-refractivity contribution in [1.29, 1.82) is 0 Å². The van der Waals surface area contributed by atoms with Gasteiger partial charge in [0.15, 0.2) is 0 Å². The highest BCUT2D eigenvalue weighted by Crippen LogP contribution is 2.30. The third kappa shape index (κ3) is 3.32. The first-order chi connectivity index (χ1) is 11.6. The van der Waals surface area contributed by atoms with Crippen molar-refractivity contribution in [3.63, 3.8) is 0 Å². The number of carbonyl (C=O) groups excluding carboxylic acids is 1. The molecule has 1 N–H and O–H groups in total. The molecule has 1 atom stereocenters. The van der Waals surface area contributed by atoms with E-state index in [1.807, 2.05) is 38.1 Å². The van der Waals surface area contributed by atoms with Gasteiger partial charge in [-0.2, -0.15) is 0 Å². The van der Waals surface area contributed by atoms with Gasteiger partial charge in [0.05, 0.1) is 24.1 Å². The van der Waals surface area contributed by atoms with Gasteiger partial charge in [-0.3, -0.25) is 4.79 Å². The van der Waals surface area contributed by atoms with E-state index in [2.05, 4.69) is 20.2 Å². The Labute approximate surface area is 141 Å². The summed E-state index contributed by atoms with van der Waals surface area (Å²) in [5.74, 6) is 1.42. The lowest BCUT2D eigenvalue weighted by atomic mass is 10.2. The van der Waals surface area contributed by atoms with E-state index >= 15 is 0 Å². The van der Waals surface area contributed by atoms with Crippen molar-refractivity contribution in [1.82, 2.24) is 15.3 Å². The zero-order valence-electron chi connectivity index (χ0n) is 14.2. The molecule has 126 valence electrons. The van der Waals surface area contributed by atoms with Gasteiger partial charge in [0.1, 0.15) is 11.6 Å². The summed E-state index contributed by atoms with van der Waals surface area (Å²) in [4.78, 5) is 23.1. The Morgan fingerprint density at radius 3 is 2.88 bits per heavy atom. The Bertz CT molecular complexity index is 748. The number of benzene rings is 1. The Hall–Kier alpha value is -2.63. The summed E-state index contributed by atoms with van der Waals surface area (Å²) in [6.07, 6.45) is 2.50. The minimum absolute atomic E-state index is 0.100. The van der Waals surface area contributed by atoms with Gasteiger partial charge in [-0.15, -0.1) is 0 Å². The van der Waals surface area contributed by atoms with E-state index in [4.69, 9.17) is 4.74 Å². The predicted octanol–water partition coefficient (Wildman–Crippen LogP) is 2.11. The van der Waals surface area contributed by atoms with Crippen molar-refractivity contribution in [2.45, 2.75) is 26.3 Å². The number of hydrogen-bond acceptors (Lipinski definition) is 5. The largest absolute Gasteiger partial charge is 0.495 e. The van der Waals surface area contributed by atoms with Gasteiger partial charge in [0.25, 0.3) is 5.91 Å². The van der Waals surface area contributed by atoms with Gasteiger partial charge in [-0.05, 0) is 32.4 Å². The molecule has 1 aromatic heterocycles. The Morgan fingerprint density at radius 1 is 1.33 bits per heavy atom. The number of ether oxygens (including phenoxy) is 1. The monoisotopic (exact) mass is 326 g/mol. The number of aryl methyl sites for hydroxylation is 2. The molecule has 2 aromatic rings. The summed E-state index contributed by atoms with van der Waals surface area (Å²) in [5.41, 5.74) is 2.31. The maximum absolute atomic E-state index is 12.5. The molecular formula is C18H22N4O2. The maximum Gasteiger partial charge on any atom is 0.254 e. The van der Waals surface area contributed by atoms with Crippen LogP contribution in [0.25, 0.3) is 0 Å². The highest BCUT2D eigenvalue weighted by molar-refractivity contribution is 5.95. The highest BCUT2D eigenvalue weighted by atomic mass is 16.5. The number of anilines is 1.